The van der Waals surface area contributed by atoms with Gasteiger partial charge in [-0.1, -0.05) is 37.6 Å². The smallest absolute Gasteiger partial charge is 0.294 e. The number of carbonyl (C=O) groups excluding carboxylic acids is 1. The zero-order valence-corrected chi connectivity index (χ0v) is 18.5. The summed E-state index contributed by atoms with van der Waals surface area (Å²) < 4.78 is 7.26. The third-order valence-corrected chi connectivity index (χ3v) is 4.72. The van der Waals surface area contributed by atoms with Crippen LogP contribution in [0.3, 0.4) is 0 Å². The van der Waals surface area contributed by atoms with Crippen LogP contribution < -0.4 is 20.9 Å². The molecule has 0 saturated carbocycles. The van der Waals surface area contributed by atoms with Crippen LogP contribution in [0.15, 0.2) is 53.5 Å². The fraction of sp³-hybridized carbons (Fsp3) is 0.292. The minimum atomic E-state index is -0.336. The van der Waals surface area contributed by atoms with E-state index in [1.54, 1.807) is 31.3 Å². The van der Waals surface area contributed by atoms with E-state index in [0.717, 1.165) is 11.1 Å². The van der Waals surface area contributed by atoms with Crippen molar-refractivity contribution in [1.29, 1.82) is 0 Å². The Balaban J connectivity index is 1.91. The molecule has 31 heavy (non-hydrogen) atoms. The van der Waals surface area contributed by atoms with Crippen LogP contribution in [-0.4, -0.2) is 22.2 Å². The molecule has 1 aromatic heterocycles. The van der Waals surface area contributed by atoms with Crippen LogP contribution in [0, 0.1) is 19.8 Å². The van der Waals surface area contributed by atoms with Crippen LogP contribution in [0.2, 0.25) is 0 Å². The molecule has 2 aromatic carbocycles. The molecule has 1 amide bonds. The molecule has 0 saturated heterocycles. The van der Waals surface area contributed by atoms with Crippen LogP contribution in [0.5, 0.6) is 11.5 Å². The summed E-state index contributed by atoms with van der Waals surface area (Å²) in [4.78, 5) is 25.2. The first kappa shape index (κ1) is 22.1. The molecule has 0 bridgehead atoms. The van der Waals surface area contributed by atoms with E-state index in [1.165, 1.54) is 10.9 Å². The number of amides is 1. The van der Waals surface area contributed by atoms with Gasteiger partial charge in [-0.2, -0.15) is 5.10 Å². The summed E-state index contributed by atoms with van der Waals surface area (Å²) in [6.07, 6.45) is 1.50. The number of aryl methyl sites for hydroxylation is 3. The monoisotopic (exact) mass is 420 g/mol. The zero-order chi connectivity index (χ0) is 22.5. The largest absolute Gasteiger partial charge is 0.453 e. The molecule has 0 radical (unpaired) electrons. The van der Waals surface area contributed by atoms with Crippen molar-refractivity contribution in [3.8, 4) is 11.5 Å². The molecule has 7 nitrogen and oxygen atoms in total. The molecule has 0 fully saturated rings. The topological polar surface area (TPSA) is 85.2 Å². The van der Waals surface area contributed by atoms with Gasteiger partial charge in [0.1, 0.15) is 5.75 Å². The van der Waals surface area contributed by atoms with Gasteiger partial charge in [0, 0.05) is 24.8 Å². The first-order valence-corrected chi connectivity index (χ1v) is 10.2. The van der Waals surface area contributed by atoms with Crippen molar-refractivity contribution in [1.82, 2.24) is 15.1 Å². The molecule has 7 heteroatoms. The highest BCUT2D eigenvalue weighted by atomic mass is 16.5. The average molecular weight is 421 g/mol. The predicted octanol–water partition coefficient (Wildman–Crippen LogP) is 4.32. The Kier molecular flexibility index (Phi) is 6.74. The fourth-order valence-corrected chi connectivity index (χ4v) is 3.03. The molecule has 0 aliphatic carbocycles. The van der Waals surface area contributed by atoms with Gasteiger partial charge in [-0.3, -0.25) is 9.59 Å². The number of nitrogens with one attached hydrogen (secondary N) is 2. The maximum Gasteiger partial charge on any atom is 0.294 e. The Morgan fingerprint density at radius 1 is 1.13 bits per heavy atom. The molecule has 3 rings (SSSR count). The van der Waals surface area contributed by atoms with E-state index in [4.69, 9.17) is 4.74 Å². The summed E-state index contributed by atoms with van der Waals surface area (Å²) in [5.41, 5.74) is 3.10. The van der Waals surface area contributed by atoms with Crippen molar-refractivity contribution in [2.75, 3.05) is 11.9 Å². The maximum absolute atomic E-state index is 12.8. The second-order valence-electron chi connectivity index (χ2n) is 7.99. The van der Waals surface area contributed by atoms with Crippen LogP contribution in [0.1, 0.15) is 35.3 Å². The van der Waals surface area contributed by atoms with E-state index in [1.807, 2.05) is 45.9 Å². The van der Waals surface area contributed by atoms with Gasteiger partial charge in [-0.05, 0) is 49.6 Å². The second kappa shape index (κ2) is 9.47. The molecule has 0 aliphatic heterocycles. The number of hydrogen-bond acceptors (Lipinski definition) is 5. The molecule has 0 atom stereocenters. The Morgan fingerprint density at radius 2 is 1.90 bits per heavy atom. The summed E-state index contributed by atoms with van der Waals surface area (Å²) >= 11 is 0. The van der Waals surface area contributed by atoms with Crippen molar-refractivity contribution in [2.24, 2.45) is 13.0 Å². The fourth-order valence-electron chi connectivity index (χ4n) is 3.03. The normalized spacial score (nSPS) is 10.8. The minimum absolute atomic E-state index is 0.160. The van der Waals surface area contributed by atoms with Gasteiger partial charge in [0.2, 0.25) is 0 Å². The molecule has 3 aromatic rings. The Hall–Kier alpha value is -3.61. The quantitative estimate of drug-likeness (QED) is 0.595. The van der Waals surface area contributed by atoms with Crippen LogP contribution in [0.25, 0.3) is 0 Å². The number of ether oxygens (including phenoxy) is 1. The van der Waals surface area contributed by atoms with Gasteiger partial charge >= 0.3 is 0 Å². The van der Waals surface area contributed by atoms with Crippen molar-refractivity contribution >= 4 is 17.3 Å². The van der Waals surface area contributed by atoms with Gasteiger partial charge in [0.05, 0.1) is 6.20 Å². The SMILES string of the molecule is Cc1ccc(Oc2cnn(C)c(=O)c2Nc2cccc(C(=O)NCC(C)C)c2)c(C)c1. The average Bonchev–Trinajstić information content (AvgIpc) is 2.73. The van der Waals surface area contributed by atoms with Crippen molar-refractivity contribution in [3.63, 3.8) is 0 Å². The van der Waals surface area contributed by atoms with Gasteiger partial charge in [-0.25, -0.2) is 4.68 Å². The number of benzene rings is 2. The summed E-state index contributed by atoms with van der Waals surface area (Å²) in [7, 11) is 1.57. The summed E-state index contributed by atoms with van der Waals surface area (Å²) in [6, 6.07) is 12.8. The zero-order valence-electron chi connectivity index (χ0n) is 18.5. The molecule has 0 aliphatic rings. The molecule has 2 N–H and O–H groups in total. The van der Waals surface area contributed by atoms with Crippen molar-refractivity contribution in [2.45, 2.75) is 27.7 Å². The Labute approximate surface area is 182 Å². The number of aromatic nitrogens is 2. The standard InChI is InChI=1S/C24H28N4O3/c1-15(2)13-25-23(29)18-7-6-8-19(12-18)27-22-21(14-26-28(5)24(22)30)31-20-10-9-16(3)11-17(20)4/h6-12,14-15,27H,13H2,1-5H3,(H,25,29). The van der Waals surface area contributed by atoms with Crippen LogP contribution in [-0.2, 0) is 7.05 Å². The first-order chi connectivity index (χ1) is 14.7. The lowest BCUT2D eigenvalue weighted by Crippen LogP contribution is -2.27. The van der Waals surface area contributed by atoms with E-state index in [2.05, 4.69) is 15.7 Å². The summed E-state index contributed by atoms with van der Waals surface area (Å²) in [5, 5.41) is 10.1. The third-order valence-electron chi connectivity index (χ3n) is 4.72. The van der Waals surface area contributed by atoms with Gasteiger partial charge in [0.25, 0.3) is 11.5 Å². The number of hydrogen-bond donors (Lipinski definition) is 2. The molecular formula is C24H28N4O3. The maximum atomic E-state index is 12.8. The van der Waals surface area contributed by atoms with Crippen LogP contribution >= 0.6 is 0 Å². The Morgan fingerprint density at radius 3 is 2.61 bits per heavy atom. The highest BCUT2D eigenvalue weighted by Crippen LogP contribution is 2.30. The highest BCUT2D eigenvalue weighted by Gasteiger charge is 2.15. The molecule has 0 unspecified atom stereocenters. The van der Waals surface area contributed by atoms with Crippen molar-refractivity contribution in [3.05, 3.63) is 75.7 Å². The summed E-state index contributed by atoms with van der Waals surface area (Å²) in [6.45, 7) is 8.62. The molecular weight excluding hydrogens is 392 g/mol. The number of anilines is 2. The van der Waals surface area contributed by atoms with Gasteiger partial charge < -0.3 is 15.4 Å². The second-order valence-corrected chi connectivity index (χ2v) is 7.99. The van der Waals surface area contributed by atoms with E-state index >= 15 is 0 Å². The van der Waals surface area contributed by atoms with Gasteiger partial charge in [0.15, 0.2) is 11.4 Å². The predicted molar refractivity (Wildman–Crippen MR) is 122 cm³/mol. The van der Waals surface area contributed by atoms with Crippen LogP contribution in [0.4, 0.5) is 11.4 Å². The lowest BCUT2D eigenvalue weighted by molar-refractivity contribution is 0.0949. The first-order valence-electron chi connectivity index (χ1n) is 10.2. The van der Waals surface area contributed by atoms with Crippen molar-refractivity contribution < 1.29 is 9.53 Å². The van der Waals surface area contributed by atoms with E-state index < -0.39 is 0 Å². The van der Waals surface area contributed by atoms with E-state index in [0.29, 0.717) is 35.2 Å². The molecule has 0 spiro atoms. The van der Waals surface area contributed by atoms with E-state index in [9.17, 15) is 9.59 Å². The van der Waals surface area contributed by atoms with E-state index in [-0.39, 0.29) is 17.2 Å². The Bertz CT molecular complexity index is 1150. The summed E-state index contributed by atoms with van der Waals surface area (Å²) in [5.74, 6) is 1.15. The third kappa shape index (κ3) is 5.51. The lowest BCUT2D eigenvalue weighted by Gasteiger charge is -2.15. The number of carbonyl (C=O) groups is 1. The molecule has 1 heterocycles. The van der Waals surface area contributed by atoms with Gasteiger partial charge in [-0.15, -0.1) is 0 Å². The number of rotatable bonds is 7. The molecule has 162 valence electrons. The lowest BCUT2D eigenvalue weighted by atomic mass is 10.1. The minimum Gasteiger partial charge on any atom is -0.453 e. The highest BCUT2D eigenvalue weighted by molar-refractivity contribution is 5.95. The number of nitrogens with zero attached hydrogens (tertiary/aromatic N) is 2.